The van der Waals surface area contributed by atoms with Gasteiger partial charge in [-0.1, -0.05) is 11.6 Å². The van der Waals surface area contributed by atoms with Crippen molar-refractivity contribution in [1.29, 1.82) is 0 Å². The molecular weight excluding hydrogens is 204 g/mol. The van der Waals surface area contributed by atoms with Crippen LogP contribution in [0.4, 0.5) is 0 Å². The lowest BCUT2D eigenvalue weighted by Gasteiger charge is -2.11. The third kappa shape index (κ3) is 4.19. The summed E-state index contributed by atoms with van der Waals surface area (Å²) < 4.78 is 10.0. The summed E-state index contributed by atoms with van der Waals surface area (Å²) in [6.07, 6.45) is 8.71. The molecule has 1 aliphatic carbocycles. The summed E-state index contributed by atoms with van der Waals surface area (Å²) in [4.78, 5) is 11.6. The molecule has 0 spiro atoms. The van der Waals surface area contributed by atoms with Gasteiger partial charge in [-0.2, -0.15) is 0 Å². The summed E-state index contributed by atoms with van der Waals surface area (Å²) in [5, 5.41) is 0. The zero-order valence-electron chi connectivity index (χ0n) is 10.1. The summed E-state index contributed by atoms with van der Waals surface area (Å²) in [6.45, 7) is 2.53. The monoisotopic (exact) mass is 224 g/mol. The highest BCUT2D eigenvalue weighted by Gasteiger charge is 2.11. The first kappa shape index (κ1) is 13.0. The van der Waals surface area contributed by atoms with Gasteiger partial charge < -0.3 is 9.47 Å². The number of rotatable bonds is 5. The highest BCUT2D eigenvalue weighted by atomic mass is 16.5. The lowest BCUT2D eigenvalue weighted by molar-refractivity contribution is -0.139. The summed E-state index contributed by atoms with van der Waals surface area (Å²) in [5.41, 5.74) is 1.84. The molecule has 0 N–H and O–H groups in total. The number of hydrogen-bond donors (Lipinski definition) is 0. The Balaban J connectivity index is 2.70. The van der Waals surface area contributed by atoms with Crippen LogP contribution in [-0.2, 0) is 14.3 Å². The van der Waals surface area contributed by atoms with E-state index in [1.165, 1.54) is 18.4 Å². The maximum Gasteiger partial charge on any atom is 0.336 e. The van der Waals surface area contributed by atoms with Crippen LogP contribution >= 0.6 is 0 Å². The Labute approximate surface area is 97.1 Å². The van der Waals surface area contributed by atoms with Gasteiger partial charge in [-0.05, 0) is 38.7 Å². The fourth-order valence-electron chi connectivity index (χ4n) is 1.76. The molecule has 0 unspecified atom stereocenters. The standard InChI is InChI=1S/C13H20O3/c1-3-16-13(14)12(10-15-2)9-11-7-5-4-6-8-11/h7,9H,3-6,8,10H2,1-2H3. The predicted octanol–water partition coefficient (Wildman–Crippen LogP) is 2.62. The molecule has 0 heterocycles. The first-order valence-electron chi connectivity index (χ1n) is 5.83. The molecule has 0 aliphatic heterocycles. The van der Waals surface area contributed by atoms with Crippen LogP contribution in [0.2, 0.25) is 0 Å². The molecule has 0 amide bonds. The largest absolute Gasteiger partial charge is 0.463 e. The second-order valence-corrected chi connectivity index (χ2v) is 3.85. The Morgan fingerprint density at radius 1 is 1.50 bits per heavy atom. The third-order valence-corrected chi connectivity index (χ3v) is 2.52. The van der Waals surface area contributed by atoms with Gasteiger partial charge in [0.15, 0.2) is 0 Å². The number of carbonyl (C=O) groups excluding carboxylic acids is 1. The fraction of sp³-hybridized carbons (Fsp3) is 0.615. The van der Waals surface area contributed by atoms with E-state index in [2.05, 4.69) is 6.08 Å². The van der Waals surface area contributed by atoms with Crippen LogP contribution in [0.15, 0.2) is 23.3 Å². The van der Waals surface area contributed by atoms with Crippen molar-refractivity contribution in [1.82, 2.24) is 0 Å². The number of esters is 1. The van der Waals surface area contributed by atoms with Crippen LogP contribution < -0.4 is 0 Å². The Hall–Kier alpha value is -1.09. The van der Waals surface area contributed by atoms with Crippen molar-refractivity contribution in [3.8, 4) is 0 Å². The van der Waals surface area contributed by atoms with Gasteiger partial charge in [0, 0.05) is 7.11 Å². The zero-order chi connectivity index (χ0) is 11.8. The van der Waals surface area contributed by atoms with Crippen molar-refractivity contribution in [2.75, 3.05) is 20.3 Å². The van der Waals surface area contributed by atoms with Gasteiger partial charge in [0.05, 0.1) is 18.8 Å². The van der Waals surface area contributed by atoms with E-state index in [1.807, 2.05) is 13.0 Å². The van der Waals surface area contributed by atoms with E-state index in [4.69, 9.17) is 9.47 Å². The SMILES string of the molecule is CCOC(=O)C(=CC1=CCCCC1)COC. The van der Waals surface area contributed by atoms with Crippen molar-refractivity contribution in [2.45, 2.75) is 32.6 Å². The zero-order valence-corrected chi connectivity index (χ0v) is 10.1. The highest BCUT2D eigenvalue weighted by Crippen LogP contribution is 2.19. The van der Waals surface area contributed by atoms with Gasteiger partial charge in [-0.15, -0.1) is 0 Å². The topological polar surface area (TPSA) is 35.5 Å². The van der Waals surface area contributed by atoms with E-state index in [-0.39, 0.29) is 5.97 Å². The molecule has 0 saturated carbocycles. The van der Waals surface area contributed by atoms with E-state index >= 15 is 0 Å². The number of hydrogen-bond acceptors (Lipinski definition) is 3. The van der Waals surface area contributed by atoms with E-state index in [1.54, 1.807) is 7.11 Å². The van der Waals surface area contributed by atoms with Gasteiger partial charge in [-0.25, -0.2) is 4.79 Å². The Morgan fingerprint density at radius 3 is 2.88 bits per heavy atom. The number of ether oxygens (including phenoxy) is 2. The second kappa shape index (κ2) is 7.23. The Morgan fingerprint density at radius 2 is 2.31 bits per heavy atom. The molecule has 90 valence electrons. The predicted molar refractivity (Wildman–Crippen MR) is 63.1 cm³/mol. The lowest BCUT2D eigenvalue weighted by atomic mass is 9.98. The normalized spacial score (nSPS) is 16.9. The van der Waals surface area contributed by atoms with Gasteiger partial charge in [-0.3, -0.25) is 0 Å². The molecule has 0 radical (unpaired) electrons. The second-order valence-electron chi connectivity index (χ2n) is 3.85. The first-order chi connectivity index (χ1) is 7.77. The van der Waals surface area contributed by atoms with Crippen LogP contribution in [0.5, 0.6) is 0 Å². The van der Waals surface area contributed by atoms with Crippen LogP contribution in [0, 0.1) is 0 Å². The van der Waals surface area contributed by atoms with Crippen molar-refractivity contribution in [3.05, 3.63) is 23.3 Å². The quantitative estimate of drug-likeness (QED) is 0.532. The minimum absolute atomic E-state index is 0.268. The van der Waals surface area contributed by atoms with Crippen molar-refractivity contribution < 1.29 is 14.3 Å². The van der Waals surface area contributed by atoms with E-state index in [0.29, 0.717) is 18.8 Å². The van der Waals surface area contributed by atoms with Gasteiger partial charge in [0.2, 0.25) is 0 Å². The molecule has 3 nitrogen and oxygen atoms in total. The average Bonchev–Trinajstić information content (AvgIpc) is 2.30. The molecule has 0 fully saturated rings. The highest BCUT2D eigenvalue weighted by molar-refractivity contribution is 5.89. The van der Waals surface area contributed by atoms with E-state index in [0.717, 1.165) is 12.8 Å². The minimum Gasteiger partial charge on any atom is -0.463 e. The molecule has 0 aromatic carbocycles. The van der Waals surface area contributed by atoms with Crippen molar-refractivity contribution in [2.24, 2.45) is 0 Å². The van der Waals surface area contributed by atoms with Crippen LogP contribution in [0.25, 0.3) is 0 Å². The number of allylic oxidation sites excluding steroid dienone is 3. The molecule has 16 heavy (non-hydrogen) atoms. The summed E-state index contributed by atoms with van der Waals surface area (Å²) in [5.74, 6) is -0.268. The maximum absolute atomic E-state index is 11.6. The first-order valence-corrected chi connectivity index (χ1v) is 5.83. The van der Waals surface area contributed by atoms with Crippen LogP contribution in [0.1, 0.15) is 32.6 Å². The number of methoxy groups -OCH3 is 1. The van der Waals surface area contributed by atoms with E-state index < -0.39 is 0 Å². The fourth-order valence-corrected chi connectivity index (χ4v) is 1.76. The molecule has 0 aromatic rings. The van der Waals surface area contributed by atoms with Gasteiger partial charge >= 0.3 is 5.97 Å². The molecule has 1 aliphatic rings. The van der Waals surface area contributed by atoms with Crippen molar-refractivity contribution >= 4 is 5.97 Å². The molecule has 0 bridgehead atoms. The Bertz CT molecular complexity index is 290. The Kier molecular flexibility index (Phi) is 5.86. The molecule has 0 saturated heterocycles. The summed E-state index contributed by atoms with van der Waals surface area (Å²) >= 11 is 0. The van der Waals surface area contributed by atoms with Gasteiger partial charge in [0.1, 0.15) is 0 Å². The van der Waals surface area contributed by atoms with Crippen molar-refractivity contribution in [3.63, 3.8) is 0 Å². The lowest BCUT2D eigenvalue weighted by Crippen LogP contribution is -2.12. The molecule has 1 rings (SSSR count). The van der Waals surface area contributed by atoms with Crippen LogP contribution in [0.3, 0.4) is 0 Å². The smallest absolute Gasteiger partial charge is 0.336 e. The molecular formula is C13H20O3. The molecule has 3 heteroatoms. The van der Waals surface area contributed by atoms with Crippen LogP contribution in [-0.4, -0.2) is 26.3 Å². The average molecular weight is 224 g/mol. The van der Waals surface area contributed by atoms with Gasteiger partial charge in [0.25, 0.3) is 0 Å². The molecule has 0 aromatic heterocycles. The maximum atomic E-state index is 11.6. The summed E-state index contributed by atoms with van der Waals surface area (Å²) in [6, 6.07) is 0. The minimum atomic E-state index is -0.268. The van der Waals surface area contributed by atoms with E-state index in [9.17, 15) is 4.79 Å². The third-order valence-electron chi connectivity index (χ3n) is 2.52. The number of carbonyl (C=O) groups is 1. The summed E-state index contributed by atoms with van der Waals surface area (Å²) in [7, 11) is 1.59. The molecule has 0 atom stereocenters.